The van der Waals surface area contributed by atoms with Crippen molar-refractivity contribution in [2.45, 2.75) is 20.1 Å². The molecule has 0 saturated carbocycles. The summed E-state index contributed by atoms with van der Waals surface area (Å²) in [6.07, 6.45) is 1.68. The van der Waals surface area contributed by atoms with Gasteiger partial charge in [-0.1, -0.05) is 0 Å². The van der Waals surface area contributed by atoms with E-state index in [1.807, 2.05) is 6.92 Å². The molecule has 1 heterocycles. The molecule has 1 aromatic carbocycles. The Bertz CT molecular complexity index is 572. The average molecular weight is 283 g/mol. The Morgan fingerprint density at radius 3 is 2.80 bits per heavy atom. The standard InChI is InChI=1S/C13H15F2N3O2/c1-8-9(7-17-18-8)6-16-11-5-10(19-2)3-4-12(11)20-13(14)15/h3-5,7,13,16H,6H2,1-2H3,(H,17,18). The van der Waals surface area contributed by atoms with E-state index in [2.05, 4.69) is 20.3 Å². The summed E-state index contributed by atoms with van der Waals surface area (Å²) in [6, 6.07) is 4.61. The Labute approximate surface area is 114 Å². The average Bonchev–Trinajstić information content (AvgIpc) is 2.82. The molecule has 108 valence electrons. The molecule has 0 fully saturated rings. The summed E-state index contributed by atoms with van der Waals surface area (Å²) in [5.41, 5.74) is 2.29. The molecule has 0 bridgehead atoms. The van der Waals surface area contributed by atoms with Crippen molar-refractivity contribution in [3.63, 3.8) is 0 Å². The summed E-state index contributed by atoms with van der Waals surface area (Å²) in [4.78, 5) is 0. The Morgan fingerprint density at radius 1 is 1.40 bits per heavy atom. The van der Waals surface area contributed by atoms with Crippen LogP contribution in [0.25, 0.3) is 0 Å². The number of halogens is 2. The van der Waals surface area contributed by atoms with Gasteiger partial charge in [-0.25, -0.2) is 0 Å². The van der Waals surface area contributed by atoms with Gasteiger partial charge in [0.1, 0.15) is 11.5 Å². The Morgan fingerprint density at radius 2 is 2.20 bits per heavy atom. The lowest BCUT2D eigenvalue weighted by molar-refractivity contribution is -0.0494. The van der Waals surface area contributed by atoms with Crippen LogP contribution in [0.5, 0.6) is 11.5 Å². The predicted octanol–water partition coefficient (Wildman–Crippen LogP) is 2.94. The number of aromatic amines is 1. The summed E-state index contributed by atoms with van der Waals surface area (Å²) < 4.78 is 34.3. The number of H-pyrrole nitrogens is 1. The molecule has 0 spiro atoms. The normalized spacial score (nSPS) is 10.7. The SMILES string of the molecule is COc1ccc(OC(F)F)c(NCc2cn[nH]c2C)c1. The zero-order valence-corrected chi connectivity index (χ0v) is 11.1. The van der Waals surface area contributed by atoms with Crippen LogP contribution in [-0.4, -0.2) is 23.9 Å². The summed E-state index contributed by atoms with van der Waals surface area (Å²) >= 11 is 0. The molecule has 0 radical (unpaired) electrons. The molecule has 0 saturated heterocycles. The molecule has 0 atom stereocenters. The van der Waals surface area contributed by atoms with Crippen molar-refractivity contribution in [1.29, 1.82) is 0 Å². The Hall–Kier alpha value is -2.31. The van der Waals surface area contributed by atoms with Gasteiger partial charge in [-0.2, -0.15) is 13.9 Å². The smallest absolute Gasteiger partial charge is 0.387 e. The van der Waals surface area contributed by atoms with Gasteiger partial charge < -0.3 is 14.8 Å². The minimum atomic E-state index is -2.88. The highest BCUT2D eigenvalue weighted by atomic mass is 19.3. The number of ether oxygens (including phenoxy) is 2. The number of nitrogens with one attached hydrogen (secondary N) is 2. The first-order valence-electron chi connectivity index (χ1n) is 5.95. The maximum atomic E-state index is 12.4. The maximum absolute atomic E-state index is 12.4. The third-order valence-corrected chi connectivity index (χ3v) is 2.81. The summed E-state index contributed by atoms with van der Waals surface area (Å²) in [7, 11) is 1.51. The Kier molecular flexibility index (Phi) is 4.39. The van der Waals surface area contributed by atoms with Crippen LogP contribution < -0.4 is 14.8 Å². The third kappa shape index (κ3) is 3.37. The van der Waals surface area contributed by atoms with Crippen molar-refractivity contribution >= 4 is 5.69 Å². The van der Waals surface area contributed by atoms with Crippen molar-refractivity contribution in [1.82, 2.24) is 10.2 Å². The van der Waals surface area contributed by atoms with Gasteiger partial charge in [-0.3, -0.25) is 5.10 Å². The van der Waals surface area contributed by atoms with E-state index in [4.69, 9.17) is 4.74 Å². The number of rotatable bonds is 6. The predicted molar refractivity (Wildman–Crippen MR) is 70.3 cm³/mol. The highest BCUT2D eigenvalue weighted by molar-refractivity contribution is 5.60. The van der Waals surface area contributed by atoms with E-state index in [1.54, 1.807) is 18.3 Å². The van der Waals surface area contributed by atoms with Crippen LogP contribution in [0.2, 0.25) is 0 Å². The lowest BCUT2D eigenvalue weighted by Crippen LogP contribution is -2.07. The molecule has 0 amide bonds. The van der Waals surface area contributed by atoms with Crippen molar-refractivity contribution in [3.8, 4) is 11.5 Å². The van der Waals surface area contributed by atoms with Crippen LogP contribution >= 0.6 is 0 Å². The number of anilines is 1. The molecule has 2 aromatic rings. The van der Waals surface area contributed by atoms with E-state index in [0.717, 1.165) is 11.3 Å². The van der Waals surface area contributed by atoms with E-state index in [-0.39, 0.29) is 5.75 Å². The molecule has 0 aliphatic heterocycles. The minimum Gasteiger partial charge on any atom is -0.497 e. The van der Waals surface area contributed by atoms with Crippen LogP contribution in [0.1, 0.15) is 11.3 Å². The molecule has 7 heteroatoms. The highest BCUT2D eigenvalue weighted by Gasteiger charge is 2.11. The zero-order chi connectivity index (χ0) is 14.5. The lowest BCUT2D eigenvalue weighted by atomic mass is 10.2. The topological polar surface area (TPSA) is 59.2 Å². The van der Waals surface area contributed by atoms with Crippen molar-refractivity contribution < 1.29 is 18.3 Å². The second-order valence-corrected chi connectivity index (χ2v) is 4.11. The summed E-state index contributed by atoms with van der Waals surface area (Å²) in [5.74, 6) is 0.625. The molecule has 2 N–H and O–H groups in total. The molecule has 0 unspecified atom stereocenters. The van der Waals surface area contributed by atoms with Crippen molar-refractivity contribution in [3.05, 3.63) is 35.7 Å². The molecular weight excluding hydrogens is 268 g/mol. The number of hydrogen-bond acceptors (Lipinski definition) is 4. The second kappa shape index (κ2) is 6.23. The van der Waals surface area contributed by atoms with E-state index in [0.29, 0.717) is 18.0 Å². The number of alkyl halides is 2. The van der Waals surface area contributed by atoms with Crippen LogP contribution in [0, 0.1) is 6.92 Å². The van der Waals surface area contributed by atoms with Crippen molar-refractivity contribution in [2.24, 2.45) is 0 Å². The number of benzene rings is 1. The molecule has 2 rings (SSSR count). The number of aromatic nitrogens is 2. The van der Waals surface area contributed by atoms with E-state index >= 15 is 0 Å². The molecule has 1 aromatic heterocycles. The molecule has 20 heavy (non-hydrogen) atoms. The monoisotopic (exact) mass is 283 g/mol. The fourth-order valence-electron chi connectivity index (χ4n) is 1.72. The van der Waals surface area contributed by atoms with Gasteiger partial charge in [0.2, 0.25) is 0 Å². The van der Waals surface area contributed by atoms with Crippen molar-refractivity contribution in [2.75, 3.05) is 12.4 Å². The minimum absolute atomic E-state index is 0.0712. The lowest BCUT2D eigenvalue weighted by Gasteiger charge is -2.13. The van der Waals surface area contributed by atoms with E-state index in [1.165, 1.54) is 13.2 Å². The largest absolute Gasteiger partial charge is 0.497 e. The molecule has 0 aliphatic rings. The molecular formula is C13H15F2N3O2. The fourth-order valence-corrected chi connectivity index (χ4v) is 1.72. The van der Waals surface area contributed by atoms with Crippen LogP contribution in [0.3, 0.4) is 0 Å². The fraction of sp³-hybridized carbons (Fsp3) is 0.308. The third-order valence-electron chi connectivity index (χ3n) is 2.81. The number of nitrogens with zero attached hydrogens (tertiary/aromatic N) is 1. The van der Waals surface area contributed by atoms with Gasteiger partial charge in [-0.15, -0.1) is 0 Å². The van der Waals surface area contributed by atoms with Gasteiger partial charge in [0.15, 0.2) is 0 Å². The van der Waals surface area contributed by atoms with Gasteiger partial charge in [0, 0.05) is 23.9 Å². The van der Waals surface area contributed by atoms with Crippen LogP contribution in [-0.2, 0) is 6.54 Å². The zero-order valence-electron chi connectivity index (χ0n) is 11.1. The van der Waals surface area contributed by atoms with Gasteiger partial charge >= 0.3 is 6.61 Å². The summed E-state index contributed by atoms with van der Waals surface area (Å²) in [6.45, 7) is -0.555. The first-order chi connectivity index (χ1) is 9.60. The second-order valence-electron chi connectivity index (χ2n) is 4.11. The highest BCUT2D eigenvalue weighted by Crippen LogP contribution is 2.30. The number of methoxy groups -OCH3 is 1. The molecule has 5 nitrogen and oxygen atoms in total. The first-order valence-corrected chi connectivity index (χ1v) is 5.95. The molecule has 0 aliphatic carbocycles. The first kappa shape index (κ1) is 14.1. The van der Waals surface area contributed by atoms with E-state index < -0.39 is 6.61 Å². The Balaban J connectivity index is 2.17. The van der Waals surface area contributed by atoms with Gasteiger partial charge in [0.25, 0.3) is 0 Å². The number of aryl methyl sites for hydroxylation is 1. The van der Waals surface area contributed by atoms with E-state index in [9.17, 15) is 8.78 Å². The van der Waals surface area contributed by atoms with Crippen LogP contribution in [0.4, 0.5) is 14.5 Å². The van der Waals surface area contributed by atoms with Gasteiger partial charge in [0.05, 0.1) is 19.0 Å². The van der Waals surface area contributed by atoms with Crippen LogP contribution in [0.15, 0.2) is 24.4 Å². The maximum Gasteiger partial charge on any atom is 0.387 e. The van der Waals surface area contributed by atoms with Gasteiger partial charge in [-0.05, 0) is 19.1 Å². The quantitative estimate of drug-likeness (QED) is 0.855. The number of hydrogen-bond donors (Lipinski definition) is 2. The summed E-state index contributed by atoms with van der Waals surface area (Å²) in [5, 5.41) is 9.74.